The van der Waals surface area contributed by atoms with Gasteiger partial charge in [0.2, 0.25) is 59.1 Å². The summed E-state index contributed by atoms with van der Waals surface area (Å²) in [5, 5.41) is 21.3. The predicted octanol–water partition coefficient (Wildman–Crippen LogP) is -5.78. The molecule has 0 aliphatic heterocycles. The Labute approximate surface area is 296 Å². The Bertz CT molecular complexity index is 1320. The molecular weight excluding hydrogens is 674 g/mol. The SMILES string of the molecule is CC(C)[C@H](NC(=O)[C@H](C)NC(=O)CNC(=O)[C@H](C)NC(=O)[C@H](C)NC(=O)[C@H](C)NC(=O)[C@H](C)NC(=O)CNC(=O)[C@H](C)NC(=O)[C@H](C)N)C(N)=O. The largest absolute Gasteiger partial charge is 0.368 e. The van der Waals surface area contributed by atoms with Crippen LogP contribution >= 0.6 is 0 Å². The molecule has 0 bridgehead atoms. The molecule has 13 N–H and O–H groups in total. The molecule has 8 atom stereocenters. The van der Waals surface area contributed by atoms with E-state index >= 15 is 0 Å². The van der Waals surface area contributed by atoms with Gasteiger partial charge in [0.15, 0.2) is 0 Å². The van der Waals surface area contributed by atoms with E-state index in [2.05, 4.69) is 47.9 Å². The maximum absolute atomic E-state index is 12.6. The first-order valence-electron chi connectivity index (χ1n) is 16.2. The first-order chi connectivity index (χ1) is 23.5. The first kappa shape index (κ1) is 45.7. The van der Waals surface area contributed by atoms with Gasteiger partial charge in [-0.1, -0.05) is 13.8 Å². The number of hydrogen-bond donors (Lipinski definition) is 11. The molecule has 0 aromatic heterocycles. The molecular formula is C30H53N11O10. The summed E-state index contributed by atoms with van der Waals surface area (Å²) in [5.74, 6) is -7.36. The number of carbonyl (C=O) groups is 10. The van der Waals surface area contributed by atoms with Crippen LogP contribution in [0.25, 0.3) is 0 Å². The van der Waals surface area contributed by atoms with E-state index in [-0.39, 0.29) is 5.92 Å². The van der Waals surface area contributed by atoms with E-state index in [0.717, 1.165) is 0 Å². The summed E-state index contributed by atoms with van der Waals surface area (Å²) < 4.78 is 0. The number of rotatable bonds is 20. The fraction of sp³-hybridized carbons (Fsp3) is 0.667. The summed E-state index contributed by atoms with van der Waals surface area (Å²) in [5.41, 5.74) is 10.7. The van der Waals surface area contributed by atoms with Gasteiger partial charge in [-0.3, -0.25) is 47.9 Å². The molecule has 0 rings (SSSR count). The maximum atomic E-state index is 12.6. The lowest BCUT2D eigenvalue weighted by molar-refractivity contribution is -0.134. The Morgan fingerprint density at radius 3 is 0.980 bits per heavy atom. The molecule has 0 aliphatic rings. The van der Waals surface area contributed by atoms with Crippen LogP contribution in [0.3, 0.4) is 0 Å². The van der Waals surface area contributed by atoms with Crippen LogP contribution in [0.4, 0.5) is 0 Å². The molecule has 0 aromatic carbocycles. The van der Waals surface area contributed by atoms with Crippen molar-refractivity contribution in [3.8, 4) is 0 Å². The van der Waals surface area contributed by atoms with E-state index in [4.69, 9.17) is 11.5 Å². The minimum Gasteiger partial charge on any atom is -0.368 e. The highest BCUT2D eigenvalue weighted by molar-refractivity contribution is 5.97. The van der Waals surface area contributed by atoms with Crippen LogP contribution in [0.2, 0.25) is 0 Å². The van der Waals surface area contributed by atoms with Crippen molar-refractivity contribution in [2.75, 3.05) is 13.1 Å². The molecule has 10 amide bonds. The lowest BCUT2D eigenvalue weighted by Crippen LogP contribution is -2.57. The molecule has 0 aliphatic carbocycles. The molecule has 21 nitrogen and oxygen atoms in total. The van der Waals surface area contributed by atoms with Crippen LogP contribution in [0.15, 0.2) is 0 Å². The summed E-state index contributed by atoms with van der Waals surface area (Å²) in [6, 6.07) is -8.37. The third kappa shape index (κ3) is 17.2. The second-order valence-corrected chi connectivity index (χ2v) is 12.4. The van der Waals surface area contributed by atoms with Gasteiger partial charge in [-0.25, -0.2) is 0 Å². The molecule has 0 unspecified atom stereocenters. The van der Waals surface area contributed by atoms with Gasteiger partial charge >= 0.3 is 0 Å². The van der Waals surface area contributed by atoms with Crippen molar-refractivity contribution in [3.63, 3.8) is 0 Å². The molecule has 0 spiro atoms. The van der Waals surface area contributed by atoms with Gasteiger partial charge in [0, 0.05) is 0 Å². The van der Waals surface area contributed by atoms with E-state index < -0.39 is 120 Å². The number of nitrogens with one attached hydrogen (secondary N) is 9. The summed E-state index contributed by atoms with van der Waals surface area (Å²) in [7, 11) is 0. The van der Waals surface area contributed by atoms with Crippen molar-refractivity contribution < 1.29 is 47.9 Å². The third-order valence-corrected chi connectivity index (χ3v) is 7.08. The zero-order chi connectivity index (χ0) is 39.7. The maximum Gasteiger partial charge on any atom is 0.242 e. The molecule has 0 aromatic rings. The van der Waals surface area contributed by atoms with E-state index in [9.17, 15) is 47.9 Å². The van der Waals surface area contributed by atoms with Crippen molar-refractivity contribution in [1.82, 2.24) is 47.9 Å². The Kier molecular flexibility index (Phi) is 19.4. The second-order valence-electron chi connectivity index (χ2n) is 12.4. The normalized spacial score (nSPS) is 15.4. The molecule has 0 heterocycles. The van der Waals surface area contributed by atoms with Crippen molar-refractivity contribution in [3.05, 3.63) is 0 Å². The van der Waals surface area contributed by atoms with Gasteiger partial charge < -0.3 is 59.3 Å². The Hall–Kier alpha value is -5.34. The minimum atomic E-state index is -1.16. The topological polar surface area (TPSA) is 331 Å². The molecule has 0 saturated carbocycles. The fourth-order valence-corrected chi connectivity index (χ4v) is 3.82. The minimum absolute atomic E-state index is 0.282. The first-order valence-corrected chi connectivity index (χ1v) is 16.2. The molecule has 288 valence electrons. The molecule has 0 saturated heterocycles. The highest BCUT2D eigenvalue weighted by Gasteiger charge is 2.27. The van der Waals surface area contributed by atoms with Gasteiger partial charge in [-0.05, 0) is 54.4 Å². The summed E-state index contributed by atoms with van der Waals surface area (Å²) in [6.45, 7) is 11.9. The monoisotopic (exact) mass is 727 g/mol. The van der Waals surface area contributed by atoms with E-state index in [1.54, 1.807) is 13.8 Å². The van der Waals surface area contributed by atoms with Crippen LogP contribution in [-0.4, -0.2) is 120 Å². The number of carbonyl (C=O) groups excluding carboxylic acids is 10. The number of primary amides is 1. The van der Waals surface area contributed by atoms with Gasteiger partial charge in [0.05, 0.1) is 19.1 Å². The predicted molar refractivity (Wildman–Crippen MR) is 181 cm³/mol. The van der Waals surface area contributed by atoms with Crippen molar-refractivity contribution in [2.45, 2.75) is 111 Å². The van der Waals surface area contributed by atoms with E-state index in [1.807, 2.05) is 0 Å². The van der Waals surface area contributed by atoms with Crippen LogP contribution in [-0.2, 0) is 47.9 Å². The van der Waals surface area contributed by atoms with Crippen LogP contribution in [0.5, 0.6) is 0 Å². The summed E-state index contributed by atoms with van der Waals surface area (Å²) in [6.07, 6.45) is 0. The van der Waals surface area contributed by atoms with Crippen LogP contribution < -0.4 is 59.3 Å². The highest BCUT2D eigenvalue weighted by atomic mass is 16.2. The van der Waals surface area contributed by atoms with E-state index in [1.165, 1.54) is 48.5 Å². The molecule has 0 radical (unpaired) electrons. The highest BCUT2D eigenvalue weighted by Crippen LogP contribution is 2.01. The molecule has 21 heteroatoms. The average Bonchev–Trinajstić information content (AvgIpc) is 3.03. The average molecular weight is 728 g/mol. The Morgan fingerprint density at radius 1 is 0.412 bits per heavy atom. The van der Waals surface area contributed by atoms with Gasteiger partial charge in [-0.2, -0.15) is 0 Å². The molecule has 51 heavy (non-hydrogen) atoms. The zero-order valence-corrected chi connectivity index (χ0v) is 30.3. The number of hydrogen-bond acceptors (Lipinski definition) is 11. The van der Waals surface area contributed by atoms with E-state index in [0.29, 0.717) is 0 Å². The summed E-state index contributed by atoms with van der Waals surface area (Å²) in [4.78, 5) is 122. The van der Waals surface area contributed by atoms with Gasteiger partial charge in [0.25, 0.3) is 0 Å². The van der Waals surface area contributed by atoms with Crippen LogP contribution in [0.1, 0.15) is 62.3 Å². The third-order valence-electron chi connectivity index (χ3n) is 7.08. The lowest BCUT2D eigenvalue weighted by atomic mass is 10.0. The quantitative estimate of drug-likeness (QED) is 0.0561. The Balaban J connectivity index is 4.70. The molecule has 0 fully saturated rings. The standard InChI is InChI=1S/C30H53N11O10/c1-12(2)22(23(32)44)41-30(51)17(7)36-21(43)11-34-26(47)15(5)38-28(49)18(8)40-29(50)19(9)39-27(48)16(6)35-20(42)10-33-25(46)14(4)37-24(45)13(3)31/h12-19,22H,10-11,31H2,1-9H3,(H2,32,44)(H,33,46)(H,34,47)(H,35,42)(H,36,43)(H,37,45)(H,38,49)(H,39,48)(H,40,50)(H,41,51)/t13-,14-,15-,16-,17-,18-,19-,22-/m0/s1. The van der Waals surface area contributed by atoms with Crippen LogP contribution in [0, 0.1) is 5.92 Å². The lowest BCUT2D eigenvalue weighted by Gasteiger charge is -2.22. The van der Waals surface area contributed by atoms with Crippen molar-refractivity contribution >= 4 is 59.1 Å². The van der Waals surface area contributed by atoms with Gasteiger partial charge in [0.1, 0.15) is 42.3 Å². The zero-order valence-electron chi connectivity index (χ0n) is 30.3. The smallest absolute Gasteiger partial charge is 0.242 e. The number of amides is 10. The Morgan fingerprint density at radius 2 is 0.686 bits per heavy atom. The second kappa shape index (κ2) is 21.7. The van der Waals surface area contributed by atoms with Crippen molar-refractivity contribution in [2.24, 2.45) is 17.4 Å². The summed E-state index contributed by atoms with van der Waals surface area (Å²) >= 11 is 0. The number of nitrogens with two attached hydrogens (primary N) is 2. The fourth-order valence-electron chi connectivity index (χ4n) is 3.82. The van der Waals surface area contributed by atoms with Gasteiger partial charge in [-0.15, -0.1) is 0 Å². The van der Waals surface area contributed by atoms with Crippen molar-refractivity contribution in [1.29, 1.82) is 0 Å².